The summed E-state index contributed by atoms with van der Waals surface area (Å²) in [6.07, 6.45) is -0.812. The molecule has 0 aliphatic heterocycles. The summed E-state index contributed by atoms with van der Waals surface area (Å²) in [5.41, 5.74) is 4.46. The van der Waals surface area contributed by atoms with Crippen LogP contribution in [-0.4, -0.2) is 24.5 Å². The second-order valence-corrected chi connectivity index (χ2v) is 5.91. The van der Waals surface area contributed by atoms with E-state index in [1.807, 2.05) is 6.07 Å². The quantitative estimate of drug-likeness (QED) is 0.717. The molecule has 6 nitrogen and oxygen atoms in total. The summed E-state index contributed by atoms with van der Waals surface area (Å²) in [4.78, 5) is 23.5. The van der Waals surface area contributed by atoms with Gasteiger partial charge in [0.05, 0.1) is 0 Å². The number of hydrogen-bond donors (Lipinski definition) is 2. The molecular formula is C17H16BrFN2O4. The molecule has 2 amide bonds. The van der Waals surface area contributed by atoms with Gasteiger partial charge in [-0.05, 0) is 49.4 Å². The summed E-state index contributed by atoms with van der Waals surface area (Å²) in [7, 11) is 0. The van der Waals surface area contributed by atoms with Crippen molar-refractivity contribution in [1.29, 1.82) is 0 Å². The molecule has 0 aliphatic rings. The molecule has 1 atom stereocenters. The maximum absolute atomic E-state index is 12.8. The number of carbonyl (C=O) groups excluding carboxylic acids is 2. The zero-order chi connectivity index (χ0) is 18.2. The topological polar surface area (TPSA) is 76.7 Å². The third-order valence-corrected chi connectivity index (χ3v) is 3.48. The molecule has 0 unspecified atom stereocenters. The minimum atomic E-state index is -0.812. The fourth-order valence-corrected chi connectivity index (χ4v) is 2.12. The minimum absolute atomic E-state index is 0.327. The molecule has 132 valence electrons. The first-order valence-corrected chi connectivity index (χ1v) is 8.12. The van der Waals surface area contributed by atoms with E-state index in [0.717, 1.165) is 4.47 Å². The van der Waals surface area contributed by atoms with Crippen LogP contribution in [0.1, 0.15) is 6.92 Å². The van der Waals surface area contributed by atoms with Gasteiger partial charge in [0.15, 0.2) is 12.7 Å². The van der Waals surface area contributed by atoms with Crippen molar-refractivity contribution in [2.75, 3.05) is 6.61 Å². The molecule has 2 aromatic rings. The number of hydrogen-bond acceptors (Lipinski definition) is 4. The SMILES string of the molecule is C[C@@H](Oc1cccc(Br)c1)C(=O)NNC(=O)COc1ccc(F)cc1. The number of nitrogens with one attached hydrogen (secondary N) is 2. The number of benzene rings is 2. The van der Waals surface area contributed by atoms with Crippen molar-refractivity contribution < 1.29 is 23.5 Å². The van der Waals surface area contributed by atoms with E-state index in [4.69, 9.17) is 9.47 Å². The summed E-state index contributed by atoms with van der Waals surface area (Å²) in [5.74, 6) is -0.622. The first-order chi connectivity index (χ1) is 11.9. The second kappa shape index (κ2) is 9.03. The third-order valence-electron chi connectivity index (χ3n) is 2.99. The molecule has 0 aromatic heterocycles. The molecule has 0 heterocycles. The van der Waals surface area contributed by atoms with Gasteiger partial charge in [0.25, 0.3) is 11.8 Å². The molecule has 0 aliphatic carbocycles. The predicted molar refractivity (Wildman–Crippen MR) is 92.4 cm³/mol. The van der Waals surface area contributed by atoms with Crippen LogP contribution in [0.15, 0.2) is 53.0 Å². The van der Waals surface area contributed by atoms with Crippen LogP contribution in [0, 0.1) is 5.82 Å². The Morgan fingerprint density at radius 1 is 1.12 bits per heavy atom. The molecule has 0 fully saturated rings. The number of amides is 2. The van der Waals surface area contributed by atoms with Gasteiger partial charge in [-0.1, -0.05) is 22.0 Å². The summed E-state index contributed by atoms with van der Waals surface area (Å²) in [5, 5.41) is 0. The molecule has 2 aromatic carbocycles. The second-order valence-electron chi connectivity index (χ2n) is 5.00. The summed E-state index contributed by atoms with van der Waals surface area (Å²) >= 11 is 3.31. The van der Waals surface area contributed by atoms with E-state index in [1.54, 1.807) is 25.1 Å². The van der Waals surface area contributed by atoms with Crippen LogP contribution >= 0.6 is 15.9 Å². The van der Waals surface area contributed by atoms with Crippen LogP contribution < -0.4 is 20.3 Å². The summed E-state index contributed by atoms with van der Waals surface area (Å²) in [6.45, 7) is 1.23. The number of rotatable bonds is 6. The maximum Gasteiger partial charge on any atom is 0.279 e. The normalized spacial score (nSPS) is 11.3. The van der Waals surface area contributed by atoms with Gasteiger partial charge in [-0.25, -0.2) is 4.39 Å². The average molecular weight is 411 g/mol. The molecule has 0 spiro atoms. The van der Waals surface area contributed by atoms with E-state index in [1.165, 1.54) is 24.3 Å². The van der Waals surface area contributed by atoms with Crippen molar-refractivity contribution in [3.8, 4) is 11.5 Å². The Labute approximate surface area is 152 Å². The Morgan fingerprint density at radius 3 is 2.52 bits per heavy atom. The largest absolute Gasteiger partial charge is 0.484 e. The van der Waals surface area contributed by atoms with Crippen LogP contribution in [-0.2, 0) is 9.59 Å². The Morgan fingerprint density at radius 2 is 1.84 bits per heavy atom. The number of halogens is 2. The van der Waals surface area contributed by atoms with E-state index in [-0.39, 0.29) is 6.61 Å². The number of hydrazine groups is 1. The Hall–Kier alpha value is -2.61. The van der Waals surface area contributed by atoms with Gasteiger partial charge < -0.3 is 9.47 Å². The molecule has 0 radical (unpaired) electrons. The van der Waals surface area contributed by atoms with Crippen molar-refractivity contribution in [1.82, 2.24) is 10.9 Å². The van der Waals surface area contributed by atoms with Gasteiger partial charge >= 0.3 is 0 Å². The Kier molecular flexibility index (Phi) is 6.76. The first kappa shape index (κ1) is 18.7. The van der Waals surface area contributed by atoms with Gasteiger partial charge in [-0.2, -0.15) is 0 Å². The highest BCUT2D eigenvalue weighted by molar-refractivity contribution is 9.10. The van der Waals surface area contributed by atoms with E-state index in [0.29, 0.717) is 11.5 Å². The van der Waals surface area contributed by atoms with Crippen LogP contribution in [0.2, 0.25) is 0 Å². The lowest BCUT2D eigenvalue weighted by Crippen LogP contribution is -2.48. The van der Waals surface area contributed by atoms with E-state index < -0.39 is 23.7 Å². The van der Waals surface area contributed by atoms with Gasteiger partial charge in [0.2, 0.25) is 0 Å². The fraction of sp³-hybridized carbons (Fsp3) is 0.176. The van der Waals surface area contributed by atoms with Gasteiger partial charge in [-0.15, -0.1) is 0 Å². The van der Waals surface area contributed by atoms with Crippen molar-refractivity contribution in [3.05, 3.63) is 58.8 Å². The molecule has 25 heavy (non-hydrogen) atoms. The molecule has 0 saturated heterocycles. The average Bonchev–Trinajstić information content (AvgIpc) is 2.59. The molecule has 0 saturated carbocycles. The Bertz CT molecular complexity index is 740. The molecule has 2 N–H and O–H groups in total. The smallest absolute Gasteiger partial charge is 0.279 e. The van der Waals surface area contributed by atoms with Crippen molar-refractivity contribution in [2.24, 2.45) is 0 Å². The van der Waals surface area contributed by atoms with E-state index in [9.17, 15) is 14.0 Å². The standard InChI is InChI=1S/C17H16BrFN2O4/c1-11(25-15-4-2-3-12(18)9-15)17(23)21-20-16(22)10-24-14-7-5-13(19)6-8-14/h2-9,11H,10H2,1H3,(H,20,22)(H,21,23)/t11-/m1/s1. The number of ether oxygens (including phenoxy) is 2. The monoisotopic (exact) mass is 410 g/mol. The van der Waals surface area contributed by atoms with Crippen molar-refractivity contribution in [3.63, 3.8) is 0 Å². The Balaban J connectivity index is 1.72. The van der Waals surface area contributed by atoms with Crippen LogP contribution in [0.25, 0.3) is 0 Å². The van der Waals surface area contributed by atoms with Crippen molar-refractivity contribution in [2.45, 2.75) is 13.0 Å². The van der Waals surface area contributed by atoms with Crippen LogP contribution in [0.4, 0.5) is 4.39 Å². The lowest BCUT2D eigenvalue weighted by Gasteiger charge is -2.15. The summed E-state index contributed by atoms with van der Waals surface area (Å²) < 4.78 is 24.2. The molecule has 0 bridgehead atoms. The zero-order valence-corrected chi connectivity index (χ0v) is 14.9. The lowest BCUT2D eigenvalue weighted by atomic mass is 10.3. The predicted octanol–water partition coefficient (Wildman–Crippen LogP) is 2.58. The maximum atomic E-state index is 12.8. The van der Waals surface area contributed by atoms with Gasteiger partial charge in [0, 0.05) is 4.47 Å². The lowest BCUT2D eigenvalue weighted by molar-refractivity contribution is -0.133. The fourth-order valence-electron chi connectivity index (χ4n) is 1.75. The van der Waals surface area contributed by atoms with Crippen LogP contribution in [0.5, 0.6) is 11.5 Å². The minimum Gasteiger partial charge on any atom is -0.484 e. The first-order valence-electron chi connectivity index (χ1n) is 7.33. The number of carbonyl (C=O) groups is 2. The summed E-state index contributed by atoms with van der Waals surface area (Å²) in [6, 6.07) is 12.3. The van der Waals surface area contributed by atoms with Crippen LogP contribution in [0.3, 0.4) is 0 Å². The third kappa shape index (κ3) is 6.42. The molecule has 8 heteroatoms. The zero-order valence-electron chi connectivity index (χ0n) is 13.3. The van der Waals surface area contributed by atoms with E-state index >= 15 is 0 Å². The highest BCUT2D eigenvalue weighted by Crippen LogP contribution is 2.18. The highest BCUT2D eigenvalue weighted by Gasteiger charge is 2.15. The highest BCUT2D eigenvalue weighted by atomic mass is 79.9. The molecular weight excluding hydrogens is 395 g/mol. The van der Waals surface area contributed by atoms with E-state index in [2.05, 4.69) is 26.8 Å². The van der Waals surface area contributed by atoms with Gasteiger partial charge in [0.1, 0.15) is 17.3 Å². The van der Waals surface area contributed by atoms with Gasteiger partial charge in [-0.3, -0.25) is 20.4 Å². The van der Waals surface area contributed by atoms with Crippen molar-refractivity contribution >= 4 is 27.7 Å². The molecule has 2 rings (SSSR count).